The summed E-state index contributed by atoms with van der Waals surface area (Å²) >= 11 is 0. The summed E-state index contributed by atoms with van der Waals surface area (Å²) < 4.78 is 15.4. The van der Waals surface area contributed by atoms with Crippen LogP contribution >= 0.6 is 0 Å². The lowest BCUT2D eigenvalue weighted by atomic mass is 10.1. The summed E-state index contributed by atoms with van der Waals surface area (Å²) in [7, 11) is 0. The van der Waals surface area contributed by atoms with Crippen LogP contribution in [-0.4, -0.2) is 61.6 Å². The van der Waals surface area contributed by atoms with Gasteiger partial charge in [0.1, 0.15) is 5.82 Å². The zero-order valence-electron chi connectivity index (χ0n) is 18.2. The molecule has 0 spiro atoms. The number of hydrogen-bond donors (Lipinski definition) is 1. The zero-order chi connectivity index (χ0) is 21.5. The third-order valence-corrected chi connectivity index (χ3v) is 6.52. The van der Waals surface area contributed by atoms with Crippen molar-refractivity contribution in [1.82, 2.24) is 29.1 Å². The predicted molar refractivity (Wildman–Crippen MR) is 121 cm³/mol. The number of rotatable bonds is 5. The largest absolute Gasteiger partial charge is 0.381 e. The van der Waals surface area contributed by atoms with Crippen LogP contribution in [0, 0.1) is 6.92 Å². The number of aryl methyl sites for hydroxylation is 1. The number of hydrogen-bond acceptors (Lipinski definition) is 7. The average Bonchev–Trinajstić information content (AvgIpc) is 3.55. The van der Waals surface area contributed by atoms with Crippen LogP contribution in [0.15, 0.2) is 30.7 Å². The first-order valence-corrected chi connectivity index (χ1v) is 11.4. The third-order valence-electron chi connectivity index (χ3n) is 6.52. The van der Waals surface area contributed by atoms with E-state index in [1.54, 1.807) is 0 Å². The first-order valence-electron chi connectivity index (χ1n) is 11.4. The molecule has 1 unspecified atom stereocenters. The van der Waals surface area contributed by atoms with E-state index >= 15 is 0 Å². The van der Waals surface area contributed by atoms with Crippen LogP contribution in [0.3, 0.4) is 0 Å². The van der Waals surface area contributed by atoms with Crippen LogP contribution in [0.4, 0.5) is 5.95 Å². The van der Waals surface area contributed by atoms with Crippen molar-refractivity contribution >= 4 is 22.6 Å². The highest BCUT2D eigenvalue weighted by Crippen LogP contribution is 2.31. The van der Waals surface area contributed by atoms with Gasteiger partial charge in [0.05, 0.1) is 23.3 Å². The smallest absolute Gasteiger partial charge is 0.241 e. The Morgan fingerprint density at radius 3 is 2.84 bits per heavy atom. The summed E-state index contributed by atoms with van der Waals surface area (Å²) in [5.41, 5.74) is 4.90. The standard InChI is InChI=1S/C23H27N7O2/c1-15-27-22-20(30(15)17-5-9-31-10-6-17)11-16(12-24-22)19-4-7-29-21(19)14-26-23(28-29)25-13-18-3-2-8-32-18/h4,7,11-12,14,17-18H,2-3,5-6,8-10,13H2,1H3,(H,25,28). The van der Waals surface area contributed by atoms with E-state index in [0.717, 1.165) is 85.7 Å². The predicted octanol–water partition coefficient (Wildman–Crippen LogP) is 3.39. The van der Waals surface area contributed by atoms with Crippen LogP contribution in [0.25, 0.3) is 27.8 Å². The molecular formula is C23H27N7O2. The minimum Gasteiger partial charge on any atom is -0.381 e. The topological polar surface area (TPSA) is 91.4 Å². The molecule has 2 saturated heterocycles. The Morgan fingerprint density at radius 1 is 1.09 bits per heavy atom. The normalized spacial score (nSPS) is 19.8. The molecule has 9 heteroatoms. The fourth-order valence-electron chi connectivity index (χ4n) is 4.88. The summed E-state index contributed by atoms with van der Waals surface area (Å²) in [6, 6.07) is 4.66. The van der Waals surface area contributed by atoms with E-state index in [-0.39, 0.29) is 6.10 Å². The lowest BCUT2D eigenvalue weighted by molar-refractivity contribution is 0.0701. The van der Waals surface area contributed by atoms with Crippen molar-refractivity contribution in [3.8, 4) is 11.1 Å². The van der Waals surface area contributed by atoms with Gasteiger partial charge in [0, 0.05) is 55.9 Å². The minimum absolute atomic E-state index is 0.247. The molecule has 2 aliphatic rings. The van der Waals surface area contributed by atoms with E-state index in [0.29, 0.717) is 12.0 Å². The summed E-state index contributed by atoms with van der Waals surface area (Å²) in [6.45, 7) is 5.22. The summed E-state index contributed by atoms with van der Waals surface area (Å²) in [6.07, 6.45) is 10.2. The molecule has 4 aromatic rings. The summed E-state index contributed by atoms with van der Waals surface area (Å²) in [4.78, 5) is 13.9. The molecule has 1 atom stereocenters. The van der Waals surface area contributed by atoms with Gasteiger partial charge in [-0.3, -0.25) is 0 Å². The number of nitrogens with one attached hydrogen (secondary N) is 1. The van der Waals surface area contributed by atoms with E-state index in [2.05, 4.69) is 44.0 Å². The maximum atomic E-state index is 5.67. The number of aromatic nitrogens is 6. The monoisotopic (exact) mass is 433 g/mol. The average molecular weight is 434 g/mol. The lowest BCUT2D eigenvalue weighted by Gasteiger charge is -2.25. The molecule has 0 aliphatic carbocycles. The van der Waals surface area contributed by atoms with E-state index < -0.39 is 0 Å². The third kappa shape index (κ3) is 3.51. The van der Waals surface area contributed by atoms with E-state index in [4.69, 9.17) is 14.5 Å². The van der Waals surface area contributed by atoms with E-state index in [1.807, 2.05) is 23.1 Å². The van der Waals surface area contributed by atoms with Gasteiger partial charge in [-0.1, -0.05) is 0 Å². The van der Waals surface area contributed by atoms with Crippen molar-refractivity contribution in [1.29, 1.82) is 0 Å². The van der Waals surface area contributed by atoms with Gasteiger partial charge in [-0.25, -0.2) is 19.5 Å². The second-order valence-electron chi connectivity index (χ2n) is 8.60. The molecule has 6 rings (SSSR count). The van der Waals surface area contributed by atoms with Crippen molar-refractivity contribution in [2.75, 3.05) is 31.7 Å². The number of fused-ring (bicyclic) bond motifs is 2. The fourth-order valence-corrected chi connectivity index (χ4v) is 4.88. The van der Waals surface area contributed by atoms with E-state index in [1.165, 1.54) is 0 Å². The van der Waals surface area contributed by atoms with Gasteiger partial charge in [-0.2, -0.15) is 0 Å². The second-order valence-corrected chi connectivity index (χ2v) is 8.60. The van der Waals surface area contributed by atoms with Crippen molar-refractivity contribution in [3.05, 3.63) is 36.5 Å². The Morgan fingerprint density at radius 2 is 2.00 bits per heavy atom. The Bertz CT molecular complexity index is 1250. The Labute approximate surface area is 185 Å². The molecule has 0 amide bonds. The molecule has 0 saturated carbocycles. The number of nitrogens with zero attached hydrogens (tertiary/aromatic N) is 6. The van der Waals surface area contributed by atoms with Gasteiger partial charge in [0.25, 0.3) is 0 Å². The fraction of sp³-hybridized carbons (Fsp3) is 0.478. The molecule has 2 fully saturated rings. The number of anilines is 1. The number of imidazole rings is 1. The molecule has 0 bridgehead atoms. The Balaban J connectivity index is 1.32. The molecule has 1 N–H and O–H groups in total. The molecular weight excluding hydrogens is 406 g/mol. The zero-order valence-corrected chi connectivity index (χ0v) is 18.2. The van der Waals surface area contributed by atoms with Crippen LogP contribution in [-0.2, 0) is 9.47 Å². The van der Waals surface area contributed by atoms with Crippen LogP contribution in [0.1, 0.15) is 37.5 Å². The summed E-state index contributed by atoms with van der Waals surface area (Å²) in [5.74, 6) is 1.61. The molecule has 0 radical (unpaired) electrons. The van der Waals surface area contributed by atoms with Gasteiger partial charge in [-0.05, 0) is 44.7 Å². The highest BCUT2D eigenvalue weighted by atomic mass is 16.5. The number of pyridine rings is 1. The first-order chi connectivity index (χ1) is 15.8. The van der Waals surface area contributed by atoms with E-state index in [9.17, 15) is 0 Å². The molecule has 166 valence electrons. The Hall–Kier alpha value is -3.04. The van der Waals surface area contributed by atoms with Crippen molar-refractivity contribution in [2.45, 2.75) is 44.8 Å². The molecule has 6 heterocycles. The number of ether oxygens (including phenoxy) is 2. The van der Waals surface area contributed by atoms with Crippen molar-refractivity contribution in [3.63, 3.8) is 0 Å². The highest BCUT2D eigenvalue weighted by Gasteiger charge is 2.21. The van der Waals surface area contributed by atoms with Gasteiger partial charge in [0.2, 0.25) is 5.95 Å². The SMILES string of the molecule is Cc1nc2ncc(-c3ccn4nc(NCC5CCCO5)ncc34)cc2n1C1CCOCC1. The molecule has 32 heavy (non-hydrogen) atoms. The molecule has 4 aromatic heterocycles. The summed E-state index contributed by atoms with van der Waals surface area (Å²) in [5, 5.41) is 7.92. The van der Waals surface area contributed by atoms with Crippen molar-refractivity contribution in [2.24, 2.45) is 0 Å². The van der Waals surface area contributed by atoms with Crippen LogP contribution in [0.2, 0.25) is 0 Å². The lowest BCUT2D eigenvalue weighted by Crippen LogP contribution is -2.20. The minimum atomic E-state index is 0.247. The maximum absolute atomic E-state index is 5.67. The first kappa shape index (κ1) is 19.6. The van der Waals surface area contributed by atoms with Gasteiger partial charge in [-0.15, -0.1) is 5.10 Å². The highest BCUT2D eigenvalue weighted by molar-refractivity contribution is 5.85. The molecule has 9 nitrogen and oxygen atoms in total. The maximum Gasteiger partial charge on any atom is 0.241 e. The van der Waals surface area contributed by atoms with Gasteiger partial charge >= 0.3 is 0 Å². The molecule has 2 aliphatic heterocycles. The quantitative estimate of drug-likeness (QED) is 0.516. The van der Waals surface area contributed by atoms with Gasteiger partial charge in [0.15, 0.2) is 5.65 Å². The second kappa shape index (κ2) is 8.14. The van der Waals surface area contributed by atoms with Crippen LogP contribution in [0.5, 0.6) is 0 Å². The van der Waals surface area contributed by atoms with Crippen LogP contribution < -0.4 is 5.32 Å². The van der Waals surface area contributed by atoms with Gasteiger partial charge < -0.3 is 19.4 Å². The van der Waals surface area contributed by atoms with Crippen molar-refractivity contribution < 1.29 is 9.47 Å². The Kier molecular flexibility index (Phi) is 4.99. The molecule has 0 aromatic carbocycles.